The van der Waals surface area contributed by atoms with Crippen molar-refractivity contribution in [3.05, 3.63) is 23.5 Å². The summed E-state index contributed by atoms with van der Waals surface area (Å²) in [4.78, 5) is 17.7. The fourth-order valence-corrected chi connectivity index (χ4v) is 6.32. The second-order valence-electron chi connectivity index (χ2n) is 8.66. The van der Waals surface area contributed by atoms with Crippen molar-refractivity contribution in [2.75, 3.05) is 53.0 Å². The molecule has 2 saturated heterocycles. The largest absolute Gasteiger partial charge is 0.383 e. The molecule has 0 amide bonds. The predicted molar refractivity (Wildman–Crippen MR) is 126 cm³/mol. The van der Waals surface area contributed by atoms with Gasteiger partial charge >= 0.3 is 0 Å². The monoisotopic (exact) mass is 467 g/mol. The van der Waals surface area contributed by atoms with Gasteiger partial charge in [0.1, 0.15) is 11.9 Å². The number of aromatic nitrogens is 2. The highest BCUT2D eigenvalue weighted by Crippen LogP contribution is 2.37. The normalized spacial score (nSPS) is 23.2. The number of hydrogen-bond acceptors (Lipinski definition) is 8. The van der Waals surface area contributed by atoms with Crippen molar-refractivity contribution in [2.24, 2.45) is 0 Å². The van der Waals surface area contributed by atoms with Gasteiger partial charge in [0.2, 0.25) is 0 Å². The first-order chi connectivity index (χ1) is 15.1. The zero-order valence-corrected chi connectivity index (χ0v) is 20.3. The van der Waals surface area contributed by atoms with Gasteiger partial charge in [-0.3, -0.25) is 14.7 Å². The number of rotatable bonds is 8. The molecule has 0 spiro atoms. The highest BCUT2D eigenvalue weighted by Gasteiger charge is 2.35. The first kappa shape index (κ1) is 23.3. The van der Waals surface area contributed by atoms with Gasteiger partial charge in [0.15, 0.2) is 0 Å². The van der Waals surface area contributed by atoms with Crippen LogP contribution < -0.4 is 0 Å². The maximum Gasteiger partial charge on any atom is 0.143 e. The van der Waals surface area contributed by atoms with E-state index >= 15 is 0 Å². The van der Waals surface area contributed by atoms with Crippen LogP contribution in [0.15, 0.2) is 18.6 Å². The minimum atomic E-state index is -0.256. The van der Waals surface area contributed by atoms with Crippen molar-refractivity contribution in [1.29, 1.82) is 0 Å². The van der Waals surface area contributed by atoms with E-state index in [1.54, 1.807) is 24.8 Å². The average molecular weight is 468 g/mol. The first-order valence-electron chi connectivity index (χ1n) is 11.2. The van der Waals surface area contributed by atoms with Crippen LogP contribution in [-0.2, 0) is 9.47 Å². The van der Waals surface area contributed by atoms with Gasteiger partial charge in [0.25, 0.3) is 0 Å². The number of piperidine rings is 1. The van der Waals surface area contributed by atoms with E-state index in [-0.39, 0.29) is 11.7 Å². The number of halogens is 1. The lowest BCUT2D eigenvalue weighted by Crippen LogP contribution is -2.53. The fourth-order valence-electron chi connectivity index (χ4n) is 4.89. The molecule has 2 aromatic rings. The van der Waals surface area contributed by atoms with E-state index in [4.69, 9.17) is 21.1 Å². The number of morpholine rings is 1. The molecule has 0 N–H and O–H groups in total. The maximum atomic E-state index is 6.39. The van der Waals surface area contributed by atoms with Crippen LogP contribution in [0.2, 0.25) is 0 Å². The van der Waals surface area contributed by atoms with E-state index < -0.39 is 0 Å². The Morgan fingerprint density at radius 2 is 2.10 bits per heavy atom. The van der Waals surface area contributed by atoms with Crippen LogP contribution in [0.3, 0.4) is 0 Å². The van der Waals surface area contributed by atoms with Crippen LogP contribution in [-0.4, -0.2) is 95.4 Å². The fraction of sp³-hybridized carbons (Fsp3) is 0.727. The molecular formula is C22H34ClN5O2S. The minimum absolute atomic E-state index is 0.205. The topological polar surface area (TPSA) is 54.0 Å². The van der Waals surface area contributed by atoms with Crippen LogP contribution >= 0.6 is 22.9 Å². The van der Waals surface area contributed by atoms with E-state index in [0.29, 0.717) is 18.7 Å². The highest BCUT2D eigenvalue weighted by molar-refractivity contribution is 7.19. The van der Waals surface area contributed by atoms with Crippen LogP contribution in [0, 0.1) is 0 Å². The number of methoxy groups -OCH3 is 1. The van der Waals surface area contributed by atoms with Gasteiger partial charge in [-0.2, -0.15) is 0 Å². The van der Waals surface area contributed by atoms with Gasteiger partial charge in [-0.05, 0) is 32.8 Å². The molecule has 0 aromatic carbocycles. The van der Waals surface area contributed by atoms with Crippen LogP contribution in [0.5, 0.6) is 0 Å². The molecule has 2 unspecified atom stereocenters. The second-order valence-corrected chi connectivity index (χ2v) is 10.3. The van der Waals surface area contributed by atoms with Gasteiger partial charge in [0.05, 0.1) is 29.6 Å². The Balaban J connectivity index is 1.52. The standard InChI is InChI=1S/C22H34ClN5O2S/c1-16(2)28(9-10-29-3)17-4-6-26(7-5-17)22(27-8-11-30-21(23)14-27)19-12-18-20(31-19)13-24-15-25-18/h12-13,15-17,21-22H,4-11,14H2,1-3H3. The lowest BCUT2D eigenvalue weighted by molar-refractivity contribution is -0.0600. The molecule has 2 fully saturated rings. The molecule has 0 bridgehead atoms. The van der Waals surface area contributed by atoms with E-state index in [9.17, 15) is 0 Å². The summed E-state index contributed by atoms with van der Waals surface area (Å²) in [5.74, 6) is 0. The second kappa shape index (κ2) is 10.8. The van der Waals surface area contributed by atoms with Gasteiger partial charge in [-0.15, -0.1) is 11.3 Å². The Labute approximate surface area is 194 Å². The van der Waals surface area contributed by atoms with Crippen molar-refractivity contribution in [3.63, 3.8) is 0 Å². The zero-order chi connectivity index (χ0) is 21.8. The van der Waals surface area contributed by atoms with Crippen molar-refractivity contribution in [2.45, 2.75) is 50.5 Å². The lowest BCUT2D eigenvalue weighted by Gasteiger charge is -2.46. The van der Waals surface area contributed by atoms with Gasteiger partial charge < -0.3 is 9.47 Å². The molecule has 0 saturated carbocycles. The van der Waals surface area contributed by atoms with Gasteiger partial charge in [0, 0.05) is 63.0 Å². The molecule has 2 aromatic heterocycles. The van der Waals surface area contributed by atoms with Crippen LogP contribution in [0.25, 0.3) is 10.2 Å². The summed E-state index contributed by atoms with van der Waals surface area (Å²) in [5, 5.41) is 0. The molecule has 31 heavy (non-hydrogen) atoms. The van der Waals surface area contributed by atoms with Crippen molar-refractivity contribution < 1.29 is 9.47 Å². The molecule has 2 atom stereocenters. The van der Waals surface area contributed by atoms with E-state index in [1.807, 2.05) is 6.20 Å². The smallest absolute Gasteiger partial charge is 0.143 e. The summed E-state index contributed by atoms with van der Waals surface area (Å²) in [6.07, 6.45) is 6.08. The number of nitrogens with zero attached hydrogens (tertiary/aromatic N) is 5. The third-order valence-electron chi connectivity index (χ3n) is 6.40. The van der Waals surface area contributed by atoms with E-state index in [2.05, 4.69) is 44.6 Å². The number of hydrogen-bond donors (Lipinski definition) is 0. The Kier molecular flexibility index (Phi) is 8.14. The Hall–Kier alpha value is -0.870. The van der Waals surface area contributed by atoms with Crippen LogP contribution in [0.4, 0.5) is 0 Å². The van der Waals surface area contributed by atoms with Crippen molar-refractivity contribution in [3.8, 4) is 0 Å². The number of alkyl halides is 1. The quantitative estimate of drug-likeness (QED) is 0.551. The molecule has 9 heteroatoms. The minimum Gasteiger partial charge on any atom is -0.383 e. The molecular weight excluding hydrogens is 434 g/mol. The third-order valence-corrected chi connectivity index (χ3v) is 7.76. The van der Waals surface area contributed by atoms with Gasteiger partial charge in [-0.25, -0.2) is 9.97 Å². The number of likely N-dealkylation sites (tertiary alicyclic amines) is 1. The zero-order valence-electron chi connectivity index (χ0n) is 18.7. The number of fused-ring (bicyclic) bond motifs is 1. The number of thiophene rings is 1. The molecule has 0 radical (unpaired) electrons. The Morgan fingerprint density at radius 3 is 2.77 bits per heavy atom. The van der Waals surface area contributed by atoms with Crippen molar-refractivity contribution >= 4 is 33.2 Å². The van der Waals surface area contributed by atoms with Crippen molar-refractivity contribution in [1.82, 2.24) is 24.7 Å². The van der Waals surface area contributed by atoms with E-state index in [0.717, 1.165) is 62.4 Å². The molecule has 7 nitrogen and oxygen atoms in total. The SMILES string of the molecule is COCCN(C(C)C)C1CCN(C(c2cc3ncncc3s2)N2CCOC(Cl)C2)CC1. The summed E-state index contributed by atoms with van der Waals surface area (Å²) in [7, 11) is 1.79. The average Bonchev–Trinajstić information content (AvgIpc) is 3.18. The maximum absolute atomic E-state index is 6.39. The molecule has 2 aliphatic heterocycles. The summed E-state index contributed by atoms with van der Waals surface area (Å²) in [6.45, 7) is 10.8. The predicted octanol–water partition coefficient (Wildman–Crippen LogP) is 3.41. The molecule has 4 heterocycles. The summed E-state index contributed by atoms with van der Waals surface area (Å²) in [6, 6.07) is 3.36. The summed E-state index contributed by atoms with van der Waals surface area (Å²) in [5.41, 5.74) is 0.768. The molecule has 2 aliphatic rings. The molecule has 172 valence electrons. The Bertz CT molecular complexity index is 796. The van der Waals surface area contributed by atoms with Gasteiger partial charge in [-0.1, -0.05) is 11.6 Å². The lowest BCUT2D eigenvalue weighted by atomic mass is 10.0. The number of ether oxygens (including phenoxy) is 2. The summed E-state index contributed by atoms with van der Waals surface area (Å²) >= 11 is 8.19. The Morgan fingerprint density at radius 1 is 1.29 bits per heavy atom. The first-order valence-corrected chi connectivity index (χ1v) is 12.5. The summed E-state index contributed by atoms with van der Waals surface area (Å²) < 4.78 is 12.1. The highest BCUT2D eigenvalue weighted by atomic mass is 35.5. The molecule has 4 rings (SSSR count). The third kappa shape index (κ3) is 5.55. The van der Waals surface area contributed by atoms with Crippen LogP contribution in [0.1, 0.15) is 37.7 Å². The molecule has 0 aliphatic carbocycles. The van der Waals surface area contributed by atoms with E-state index in [1.165, 1.54) is 4.88 Å².